The third-order valence-electron chi connectivity index (χ3n) is 2.40. The average Bonchev–Trinajstić information content (AvgIpc) is 2.73. The molecule has 0 N–H and O–H groups in total. The van der Waals surface area contributed by atoms with Crippen LogP contribution in [0.1, 0.15) is 22.8 Å². The van der Waals surface area contributed by atoms with E-state index in [1.54, 1.807) is 23.4 Å². The lowest BCUT2D eigenvalue weighted by Crippen LogP contribution is -1.91. The first-order chi connectivity index (χ1) is 8.15. The normalized spacial score (nSPS) is 10.5. The van der Waals surface area contributed by atoms with Gasteiger partial charge in [0.25, 0.3) is 0 Å². The summed E-state index contributed by atoms with van der Waals surface area (Å²) in [4.78, 5) is 12.4. The number of nitrogens with zero attached hydrogens (tertiary/aromatic N) is 2. The fourth-order valence-electron chi connectivity index (χ4n) is 1.52. The van der Waals surface area contributed by atoms with E-state index in [4.69, 9.17) is 0 Å². The maximum atomic E-state index is 11.3. The first-order valence-corrected chi connectivity index (χ1v) is 6.35. The quantitative estimate of drug-likeness (QED) is 0.614. The lowest BCUT2D eigenvalue weighted by molar-refractivity contribution is 0.101. The molecule has 2 aromatic rings. The Hall–Kier alpha value is -1.55. The van der Waals surface area contributed by atoms with E-state index in [1.165, 1.54) is 5.56 Å². The highest BCUT2D eigenvalue weighted by molar-refractivity contribution is 7.98. The Morgan fingerprint density at radius 2 is 2.29 bits per heavy atom. The number of Topliss-reactive ketones (excluding diaryl/α,β-unsaturated/α-hetero) is 1. The fraction of sp³-hybridized carbons (Fsp3) is 0.231. The van der Waals surface area contributed by atoms with Gasteiger partial charge < -0.3 is 0 Å². The zero-order valence-electron chi connectivity index (χ0n) is 9.88. The van der Waals surface area contributed by atoms with Gasteiger partial charge in [0.05, 0.1) is 6.20 Å². The second kappa shape index (κ2) is 5.19. The van der Waals surface area contributed by atoms with Crippen LogP contribution < -0.4 is 0 Å². The summed E-state index contributed by atoms with van der Waals surface area (Å²) in [5.41, 5.74) is 1.95. The Balaban J connectivity index is 2.04. The maximum absolute atomic E-state index is 11.3. The smallest absolute Gasteiger partial charge is 0.159 e. The van der Waals surface area contributed by atoms with Gasteiger partial charge in [-0.1, -0.05) is 12.1 Å². The molecular weight excluding hydrogens is 232 g/mol. The molecular formula is C13H14N2OS. The lowest BCUT2D eigenvalue weighted by atomic mass is 10.2. The number of thioether (sulfide) groups is 1. The Kier molecular flexibility index (Phi) is 3.64. The third-order valence-corrected chi connectivity index (χ3v) is 3.47. The molecule has 0 atom stereocenters. The van der Waals surface area contributed by atoms with Gasteiger partial charge in [-0.15, -0.1) is 11.8 Å². The fourth-order valence-corrected chi connectivity index (χ4v) is 2.39. The highest BCUT2D eigenvalue weighted by Gasteiger charge is 2.02. The number of ketones is 1. The average molecular weight is 246 g/mol. The van der Waals surface area contributed by atoms with Crippen LogP contribution in [0.15, 0.2) is 41.6 Å². The van der Waals surface area contributed by atoms with Crippen molar-refractivity contribution >= 4 is 17.5 Å². The predicted molar refractivity (Wildman–Crippen MR) is 69.2 cm³/mol. The van der Waals surface area contributed by atoms with Crippen molar-refractivity contribution < 1.29 is 4.79 Å². The van der Waals surface area contributed by atoms with Crippen molar-refractivity contribution in [1.82, 2.24) is 9.78 Å². The van der Waals surface area contributed by atoms with Crippen LogP contribution in [0.25, 0.3) is 0 Å². The van der Waals surface area contributed by atoms with Gasteiger partial charge in [0, 0.05) is 35.0 Å². The first kappa shape index (κ1) is 11.9. The summed E-state index contributed by atoms with van der Waals surface area (Å²) in [6.45, 7) is 1.59. The highest BCUT2D eigenvalue weighted by Crippen LogP contribution is 2.23. The molecule has 0 aliphatic heterocycles. The van der Waals surface area contributed by atoms with Gasteiger partial charge in [0.15, 0.2) is 5.78 Å². The highest BCUT2D eigenvalue weighted by atomic mass is 32.2. The van der Waals surface area contributed by atoms with Crippen LogP contribution in [-0.4, -0.2) is 15.6 Å². The molecule has 1 heterocycles. The van der Waals surface area contributed by atoms with Crippen molar-refractivity contribution in [2.24, 2.45) is 7.05 Å². The zero-order valence-corrected chi connectivity index (χ0v) is 10.7. The molecule has 0 bridgehead atoms. The van der Waals surface area contributed by atoms with Gasteiger partial charge in [-0.2, -0.15) is 5.10 Å². The van der Waals surface area contributed by atoms with Crippen LogP contribution in [0.2, 0.25) is 0 Å². The molecule has 88 valence electrons. The Bertz CT molecular complexity index is 534. The summed E-state index contributed by atoms with van der Waals surface area (Å²) in [5, 5.41) is 4.12. The number of benzene rings is 1. The molecule has 0 amide bonds. The minimum Gasteiger partial charge on any atom is -0.295 e. The number of hydrogen-bond acceptors (Lipinski definition) is 3. The number of carbonyl (C=O) groups excluding carboxylic acids is 1. The standard InChI is InChI=1S/C13H14N2OS/c1-10(16)12-4-3-5-13(6-12)17-9-11-7-14-15(2)8-11/h3-8H,9H2,1-2H3. The summed E-state index contributed by atoms with van der Waals surface area (Å²) in [6, 6.07) is 7.72. The van der Waals surface area contributed by atoms with Gasteiger partial charge >= 0.3 is 0 Å². The van der Waals surface area contributed by atoms with E-state index in [9.17, 15) is 4.79 Å². The molecule has 1 aromatic heterocycles. The van der Waals surface area contributed by atoms with Gasteiger partial charge in [-0.05, 0) is 19.1 Å². The van der Waals surface area contributed by atoms with E-state index >= 15 is 0 Å². The molecule has 3 nitrogen and oxygen atoms in total. The summed E-state index contributed by atoms with van der Waals surface area (Å²) in [5.74, 6) is 0.976. The van der Waals surface area contributed by atoms with Crippen molar-refractivity contribution in [3.05, 3.63) is 47.8 Å². The third kappa shape index (κ3) is 3.20. The molecule has 2 rings (SSSR count). The van der Waals surface area contributed by atoms with Crippen molar-refractivity contribution in [3.8, 4) is 0 Å². The van der Waals surface area contributed by atoms with E-state index in [-0.39, 0.29) is 5.78 Å². The van der Waals surface area contributed by atoms with Crippen molar-refractivity contribution in [1.29, 1.82) is 0 Å². The SMILES string of the molecule is CC(=O)c1cccc(SCc2cnn(C)c2)c1. The Morgan fingerprint density at radius 1 is 1.47 bits per heavy atom. The van der Waals surface area contributed by atoms with E-state index in [0.29, 0.717) is 0 Å². The molecule has 0 aliphatic carbocycles. The number of aromatic nitrogens is 2. The number of hydrogen-bond donors (Lipinski definition) is 0. The topological polar surface area (TPSA) is 34.9 Å². The molecule has 0 saturated heterocycles. The molecule has 0 aliphatic rings. The van der Waals surface area contributed by atoms with E-state index < -0.39 is 0 Å². The second-order valence-electron chi connectivity index (χ2n) is 3.89. The summed E-state index contributed by atoms with van der Waals surface area (Å²) in [7, 11) is 1.91. The number of aryl methyl sites for hydroxylation is 1. The van der Waals surface area contributed by atoms with Crippen LogP contribution in [0, 0.1) is 0 Å². The first-order valence-electron chi connectivity index (χ1n) is 5.36. The van der Waals surface area contributed by atoms with E-state index in [2.05, 4.69) is 5.10 Å². The monoisotopic (exact) mass is 246 g/mol. The van der Waals surface area contributed by atoms with Gasteiger partial charge in [0.2, 0.25) is 0 Å². The molecule has 0 fully saturated rings. The lowest BCUT2D eigenvalue weighted by Gasteiger charge is -2.01. The second-order valence-corrected chi connectivity index (χ2v) is 4.94. The molecule has 1 aromatic carbocycles. The molecule has 17 heavy (non-hydrogen) atoms. The van der Waals surface area contributed by atoms with E-state index in [1.807, 2.05) is 43.7 Å². The van der Waals surface area contributed by atoms with Crippen molar-refractivity contribution in [2.75, 3.05) is 0 Å². The largest absolute Gasteiger partial charge is 0.295 e. The van der Waals surface area contributed by atoms with Crippen LogP contribution in [0.4, 0.5) is 0 Å². The summed E-state index contributed by atoms with van der Waals surface area (Å²) >= 11 is 1.71. The minimum atomic E-state index is 0.105. The van der Waals surface area contributed by atoms with Crippen molar-refractivity contribution in [2.45, 2.75) is 17.6 Å². The molecule has 4 heteroatoms. The van der Waals surface area contributed by atoms with Crippen LogP contribution >= 0.6 is 11.8 Å². The molecule has 0 saturated carbocycles. The minimum absolute atomic E-state index is 0.105. The molecule has 0 spiro atoms. The van der Waals surface area contributed by atoms with Crippen LogP contribution in [-0.2, 0) is 12.8 Å². The summed E-state index contributed by atoms with van der Waals surface area (Å²) < 4.78 is 1.79. The Morgan fingerprint density at radius 3 is 2.94 bits per heavy atom. The number of rotatable bonds is 4. The van der Waals surface area contributed by atoms with Gasteiger partial charge in [0.1, 0.15) is 0 Å². The van der Waals surface area contributed by atoms with Gasteiger partial charge in [-0.25, -0.2) is 0 Å². The maximum Gasteiger partial charge on any atom is 0.159 e. The van der Waals surface area contributed by atoms with Crippen molar-refractivity contribution in [3.63, 3.8) is 0 Å². The number of carbonyl (C=O) groups is 1. The Labute approximate surface area is 105 Å². The molecule has 0 unspecified atom stereocenters. The summed E-state index contributed by atoms with van der Waals surface area (Å²) in [6.07, 6.45) is 3.86. The van der Waals surface area contributed by atoms with Crippen LogP contribution in [0.5, 0.6) is 0 Å². The van der Waals surface area contributed by atoms with Crippen LogP contribution in [0.3, 0.4) is 0 Å². The zero-order chi connectivity index (χ0) is 12.3. The van der Waals surface area contributed by atoms with Gasteiger partial charge in [-0.3, -0.25) is 9.48 Å². The molecule has 0 radical (unpaired) electrons. The van der Waals surface area contributed by atoms with E-state index in [0.717, 1.165) is 16.2 Å². The predicted octanol–water partition coefficient (Wildman–Crippen LogP) is 2.92.